The maximum absolute atomic E-state index is 6.09. The van der Waals surface area contributed by atoms with Gasteiger partial charge in [-0.05, 0) is 49.1 Å². The molecule has 2 unspecified atom stereocenters. The van der Waals surface area contributed by atoms with Crippen molar-refractivity contribution in [3.63, 3.8) is 0 Å². The molecule has 2 atom stereocenters. The molecule has 0 saturated heterocycles. The van der Waals surface area contributed by atoms with Gasteiger partial charge in [0.15, 0.2) is 0 Å². The first kappa shape index (κ1) is 16.3. The summed E-state index contributed by atoms with van der Waals surface area (Å²) in [5, 5.41) is 3.57. The van der Waals surface area contributed by atoms with Crippen LogP contribution in [0.15, 0.2) is 18.2 Å². The molecule has 0 saturated carbocycles. The van der Waals surface area contributed by atoms with Gasteiger partial charge in [0.1, 0.15) is 5.75 Å². The van der Waals surface area contributed by atoms with E-state index in [1.54, 1.807) is 14.2 Å². The lowest BCUT2D eigenvalue weighted by Gasteiger charge is -2.34. The van der Waals surface area contributed by atoms with Crippen molar-refractivity contribution in [1.82, 2.24) is 5.32 Å². The zero-order chi connectivity index (χ0) is 15.1. The highest BCUT2D eigenvalue weighted by Gasteiger charge is 2.29. The van der Waals surface area contributed by atoms with E-state index in [1.807, 2.05) is 6.07 Å². The number of ether oxygens (including phenoxy) is 3. The van der Waals surface area contributed by atoms with Crippen LogP contribution in [0.1, 0.15) is 36.9 Å². The minimum absolute atomic E-state index is 0.239. The number of nitrogens with one attached hydrogen (secondary N) is 1. The van der Waals surface area contributed by atoms with E-state index in [4.69, 9.17) is 14.2 Å². The third kappa shape index (κ3) is 4.19. The lowest BCUT2D eigenvalue weighted by atomic mass is 9.85. The fourth-order valence-electron chi connectivity index (χ4n) is 2.97. The molecule has 1 aliphatic rings. The maximum atomic E-state index is 6.09. The van der Waals surface area contributed by atoms with Crippen molar-refractivity contribution >= 4 is 0 Å². The Labute approximate surface area is 127 Å². The normalized spacial score (nSPS) is 21.1. The van der Waals surface area contributed by atoms with E-state index in [0.29, 0.717) is 0 Å². The van der Waals surface area contributed by atoms with Crippen LogP contribution in [0, 0.1) is 0 Å². The zero-order valence-electron chi connectivity index (χ0n) is 13.4. The van der Waals surface area contributed by atoms with E-state index in [2.05, 4.69) is 24.4 Å². The second-order valence-electron chi connectivity index (χ2n) is 5.39. The van der Waals surface area contributed by atoms with Crippen molar-refractivity contribution in [2.75, 3.05) is 34.0 Å². The Morgan fingerprint density at radius 2 is 2.10 bits per heavy atom. The van der Waals surface area contributed by atoms with Crippen molar-refractivity contribution in [2.24, 2.45) is 0 Å². The third-order valence-electron chi connectivity index (χ3n) is 4.00. The van der Waals surface area contributed by atoms with Crippen LogP contribution in [0.2, 0.25) is 0 Å². The Hall–Kier alpha value is -1.10. The first-order chi connectivity index (χ1) is 10.3. The van der Waals surface area contributed by atoms with Crippen molar-refractivity contribution in [3.8, 4) is 5.75 Å². The molecule has 2 rings (SSSR count). The number of likely N-dealkylation sites (N-methyl/N-ethyl adjacent to an activating group) is 1. The first-order valence-corrected chi connectivity index (χ1v) is 7.80. The maximum Gasteiger partial charge on any atom is 0.119 e. The molecule has 0 fully saturated rings. The quantitative estimate of drug-likeness (QED) is 0.748. The van der Waals surface area contributed by atoms with Gasteiger partial charge in [-0.3, -0.25) is 0 Å². The smallest absolute Gasteiger partial charge is 0.119 e. The van der Waals surface area contributed by atoms with E-state index in [9.17, 15) is 0 Å². The molecule has 0 heterocycles. The average Bonchev–Trinajstić information content (AvgIpc) is 2.52. The van der Waals surface area contributed by atoms with Gasteiger partial charge in [0.2, 0.25) is 0 Å². The molecule has 0 bridgehead atoms. The molecular weight excluding hydrogens is 266 g/mol. The molecule has 1 aromatic rings. The molecular formula is C17H27NO3. The molecule has 0 amide bonds. The molecule has 0 spiro atoms. The lowest BCUT2D eigenvalue weighted by Crippen LogP contribution is -2.38. The summed E-state index contributed by atoms with van der Waals surface area (Å²) < 4.78 is 16.5. The lowest BCUT2D eigenvalue weighted by molar-refractivity contribution is 0.00694. The Morgan fingerprint density at radius 3 is 2.81 bits per heavy atom. The van der Waals surface area contributed by atoms with Gasteiger partial charge in [0, 0.05) is 20.3 Å². The van der Waals surface area contributed by atoms with Crippen LogP contribution < -0.4 is 10.1 Å². The first-order valence-electron chi connectivity index (χ1n) is 7.80. The van der Waals surface area contributed by atoms with Crippen LogP contribution >= 0.6 is 0 Å². The molecule has 1 aliphatic carbocycles. The van der Waals surface area contributed by atoms with Crippen LogP contribution in [-0.2, 0) is 15.9 Å². The molecule has 118 valence electrons. The summed E-state index contributed by atoms with van der Waals surface area (Å²) >= 11 is 0. The zero-order valence-corrected chi connectivity index (χ0v) is 13.4. The van der Waals surface area contributed by atoms with E-state index < -0.39 is 0 Å². The molecule has 4 heteroatoms. The van der Waals surface area contributed by atoms with Crippen molar-refractivity contribution in [3.05, 3.63) is 29.3 Å². The fourth-order valence-corrected chi connectivity index (χ4v) is 2.97. The van der Waals surface area contributed by atoms with E-state index in [1.165, 1.54) is 11.1 Å². The number of benzene rings is 1. The Balaban J connectivity index is 2.07. The summed E-state index contributed by atoms with van der Waals surface area (Å²) in [6.45, 7) is 4.59. The number of fused-ring (bicyclic) bond motifs is 1. The van der Waals surface area contributed by atoms with Crippen LogP contribution in [0.4, 0.5) is 0 Å². The van der Waals surface area contributed by atoms with Gasteiger partial charge in [-0.15, -0.1) is 0 Å². The fraction of sp³-hybridized carbons (Fsp3) is 0.647. The molecule has 4 nitrogen and oxygen atoms in total. The van der Waals surface area contributed by atoms with Gasteiger partial charge < -0.3 is 19.5 Å². The van der Waals surface area contributed by atoms with Gasteiger partial charge in [-0.2, -0.15) is 0 Å². The predicted octanol–water partition coefficient (Wildman–Crippen LogP) is 2.71. The van der Waals surface area contributed by atoms with Crippen molar-refractivity contribution < 1.29 is 14.2 Å². The minimum Gasteiger partial charge on any atom is -0.497 e. The number of hydrogen-bond acceptors (Lipinski definition) is 4. The Kier molecular flexibility index (Phi) is 6.49. The summed E-state index contributed by atoms with van der Waals surface area (Å²) in [4.78, 5) is 0. The molecule has 0 aliphatic heterocycles. The highest BCUT2D eigenvalue weighted by atomic mass is 16.5. The highest BCUT2D eigenvalue weighted by Crippen LogP contribution is 2.34. The number of aryl methyl sites for hydroxylation is 1. The van der Waals surface area contributed by atoms with Crippen LogP contribution in [-0.4, -0.2) is 40.1 Å². The van der Waals surface area contributed by atoms with Gasteiger partial charge in [0.25, 0.3) is 0 Å². The van der Waals surface area contributed by atoms with Gasteiger partial charge in [-0.1, -0.05) is 13.0 Å². The summed E-state index contributed by atoms with van der Waals surface area (Å²) in [5.74, 6) is 0.934. The number of hydrogen-bond donors (Lipinski definition) is 1. The van der Waals surface area contributed by atoms with Gasteiger partial charge >= 0.3 is 0 Å². The highest BCUT2D eigenvalue weighted by molar-refractivity contribution is 5.39. The third-order valence-corrected chi connectivity index (χ3v) is 4.00. The summed E-state index contributed by atoms with van der Waals surface area (Å²) in [5.41, 5.74) is 2.72. The van der Waals surface area contributed by atoms with Gasteiger partial charge in [0.05, 0.1) is 19.3 Å². The summed E-state index contributed by atoms with van der Waals surface area (Å²) in [7, 11) is 3.44. The molecule has 1 aromatic carbocycles. The van der Waals surface area contributed by atoms with E-state index in [0.717, 1.165) is 44.8 Å². The standard InChI is InChI=1S/C17H27NO3/c1-4-18-17-15-8-7-14(20-3)12-13(15)6-9-16(17)21-11-5-10-19-2/h7-8,12,16-18H,4-6,9-11H2,1-3H3. The predicted molar refractivity (Wildman–Crippen MR) is 84.0 cm³/mol. The topological polar surface area (TPSA) is 39.7 Å². The SMILES string of the molecule is CCNC1c2ccc(OC)cc2CCC1OCCCOC. The Bertz CT molecular complexity index is 436. The van der Waals surface area contributed by atoms with Crippen LogP contribution in [0.5, 0.6) is 5.75 Å². The minimum atomic E-state index is 0.239. The second kappa shape index (κ2) is 8.37. The van der Waals surface area contributed by atoms with E-state index in [-0.39, 0.29) is 12.1 Å². The van der Waals surface area contributed by atoms with Crippen LogP contribution in [0.25, 0.3) is 0 Å². The molecule has 1 N–H and O–H groups in total. The van der Waals surface area contributed by atoms with E-state index >= 15 is 0 Å². The second-order valence-corrected chi connectivity index (χ2v) is 5.39. The number of rotatable bonds is 8. The van der Waals surface area contributed by atoms with Crippen molar-refractivity contribution in [1.29, 1.82) is 0 Å². The monoisotopic (exact) mass is 293 g/mol. The summed E-state index contributed by atoms with van der Waals surface area (Å²) in [6, 6.07) is 6.64. The summed E-state index contributed by atoms with van der Waals surface area (Å²) in [6.07, 6.45) is 3.28. The molecule has 0 aromatic heterocycles. The number of methoxy groups -OCH3 is 2. The van der Waals surface area contributed by atoms with Crippen molar-refractivity contribution in [2.45, 2.75) is 38.3 Å². The van der Waals surface area contributed by atoms with Gasteiger partial charge in [-0.25, -0.2) is 0 Å². The molecule has 21 heavy (non-hydrogen) atoms. The largest absolute Gasteiger partial charge is 0.497 e. The Morgan fingerprint density at radius 1 is 1.24 bits per heavy atom. The molecule has 0 radical (unpaired) electrons. The van der Waals surface area contributed by atoms with Crippen LogP contribution in [0.3, 0.4) is 0 Å². The average molecular weight is 293 g/mol.